The van der Waals surface area contributed by atoms with Crippen molar-refractivity contribution < 1.29 is 4.79 Å². The minimum absolute atomic E-state index is 0.0287. The molecule has 114 valence electrons. The van der Waals surface area contributed by atoms with E-state index in [1.807, 2.05) is 24.4 Å². The van der Waals surface area contributed by atoms with Crippen LogP contribution in [-0.2, 0) is 6.54 Å². The fourth-order valence-corrected chi connectivity index (χ4v) is 3.34. The first-order valence-electron chi connectivity index (χ1n) is 7.35. The van der Waals surface area contributed by atoms with Crippen LogP contribution in [0.15, 0.2) is 35.7 Å². The van der Waals surface area contributed by atoms with Crippen molar-refractivity contribution in [3.63, 3.8) is 0 Å². The van der Waals surface area contributed by atoms with Crippen molar-refractivity contribution >= 4 is 28.3 Å². The van der Waals surface area contributed by atoms with E-state index in [-0.39, 0.29) is 5.91 Å². The normalized spacial score (nSPS) is 11.3. The smallest absolute Gasteiger partial charge is 0.261 e. The highest BCUT2D eigenvalue weighted by Crippen LogP contribution is 2.21. The second-order valence-electron chi connectivity index (χ2n) is 5.61. The number of rotatable bonds is 4. The first-order chi connectivity index (χ1) is 10.6. The predicted molar refractivity (Wildman–Crippen MR) is 90.3 cm³/mol. The molecular weight excluding hydrogens is 294 g/mol. The summed E-state index contributed by atoms with van der Waals surface area (Å²) >= 11 is 1.45. The van der Waals surface area contributed by atoms with Crippen molar-refractivity contribution in [3.8, 4) is 0 Å². The third kappa shape index (κ3) is 2.76. The number of aromatic nitrogens is 2. The maximum Gasteiger partial charge on any atom is 0.261 e. The molecule has 3 rings (SSSR count). The zero-order valence-electron chi connectivity index (χ0n) is 13.0. The largest absolute Gasteiger partial charge is 0.347 e. The fourth-order valence-electron chi connectivity index (χ4n) is 2.70. The van der Waals surface area contributed by atoms with Crippen LogP contribution in [0.2, 0.25) is 0 Å². The quantitative estimate of drug-likeness (QED) is 0.793. The summed E-state index contributed by atoms with van der Waals surface area (Å²) < 4.78 is 2.23. The van der Waals surface area contributed by atoms with Crippen molar-refractivity contribution in [2.24, 2.45) is 0 Å². The number of thiophene rings is 1. The van der Waals surface area contributed by atoms with Gasteiger partial charge in [-0.2, -0.15) is 0 Å². The molecule has 3 aromatic rings. The predicted octanol–water partition coefficient (Wildman–Crippen LogP) is 3.92. The Morgan fingerprint density at radius 2 is 2.18 bits per heavy atom. The van der Waals surface area contributed by atoms with E-state index in [1.165, 1.54) is 11.3 Å². The molecule has 1 amide bonds. The monoisotopic (exact) mass is 313 g/mol. The van der Waals surface area contributed by atoms with E-state index in [4.69, 9.17) is 0 Å². The number of aryl methyl sites for hydroxylation is 1. The molecule has 0 spiro atoms. The minimum Gasteiger partial charge on any atom is -0.347 e. The van der Waals surface area contributed by atoms with E-state index in [9.17, 15) is 4.79 Å². The van der Waals surface area contributed by atoms with Crippen molar-refractivity contribution in [2.45, 2.75) is 33.4 Å². The van der Waals surface area contributed by atoms with Crippen LogP contribution < -0.4 is 5.32 Å². The van der Waals surface area contributed by atoms with Gasteiger partial charge in [0.2, 0.25) is 0 Å². The summed E-state index contributed by atoms with van der Waals surface area (Å²) in [5.41, 5.74) is 3.18. The van der Waals surface area contributed by atoms with Crippen LogP contribution in [0.3, 0.4) is 0 Å². The first kappa shape index (κ1) is 14.8. The van der Waals surface area contributed by atoms with Crippen molar-refractivity contribution in [1.82, 2.24) is 14.9 Å². The lowest BCUT2D eigenvalue weighted by atomic mass is 10.2. The summed E-state index contributed by atoms with van der Waals surface area (Å²) in [4.78, 5) is 17.3. The zero-order valence-corrected chi connectivity index (χ0v) is 13.8. The standard InChI is InChI=1S/C17H19N3OS/c1-11(2)20-12(3)19-14-9-13(6-7-15(14)20)10-18-17(21)16-5-4-8-22-16/h4-9,11H,10H2,1-3H3,(H,18,21). The van der Waals surface area contributed by atoms with Crippen LogP contribution >= 0.6 is 11.3 Å². The Kier molecular flexibility index (Phi) is 3.98. The average molecular weight is 313 g/mol. The molecule has 1 N–H and O–H groups in total. The molecule has 0 bridgehead atoms. The van der Waals surface area contributed by atoms with Gasteiger partial charge in [0.15, 0.2) is 0 Å². The molecule has 1 aromatic carbocycles. The summed E-state index contributed by atoms with van der Waals surface area (Å²) in [5, 5.41) is 4.85. The van der Waals surface area contributed by atoms with E-state index in [2.05, 4.69) is 46.9 Å². The van der Waals surface area contributed by atoms with Crippen LogP contribution in [0.4, 0.5) is 0 Å². The molecule has 2 heterocycles. The summed E-state index contributed by atoms with van der Waals surface area (Å²) in [6.07, 6.45) is 0. The number of hydrogen-bond acceptors (Lipinski definition) is 3. The molecule has 0 aliphatic carbocycles. The molecule has 0 unspecified atom stereocenters. The van der Waals surface area contributed by atoms with Crippen molar-refractivity contribution in [1.29, 1.82) is 0 Å². The number of amides is 1. The number of nitrogens with one attached hydrogen (secondary N) is 1. The highest BCUT2D eigenvalue weighted by molar-refractivity contribution is 7.12. The second kappa shape index (κ2) is 5.93. The number of imidazole rings is 1. The summed E-state index contributed by atoms with van der Waals surface area (Å²) in [6.45, 7) is 6.85. The number of nitrogens with zero attached hydrogens (tertiary/aromatic N) is 2. The molecule has 0 saturated heterocycles. The third-order valence-corrected chi connectivity index (χ3v) is 4.51. The molecule has 0 fully saturated rings. The average Bonchev–Trinajstić information content (AvgIpc) is 3.10. The molecule has 5 heteroatoms. The highest BCUT2D eigenvalue weighted by atomic mass is 32.1. The van der Waals surface area contributed by atoms with Gasteiger partial charge >= 0.3 is 0 Å². The van der Waals surface area contributed by atoms with Gasteiger partial charge in [0.25, 0.3) is 5.91 Å². The van der Waals surface area contributed by atoms with Gasteiger partial charge in [-0.3, -0.25) is 4.79 Å². The number of carbonyl (C=O) groups excluding carboxylic acids is 1. The Morgan fingerprint density at radius 3 is 2.86 bits per heavy atom. The van der Waals surface area contributed by atoms with E-state index in [0.717, 1.165) is 27.3 Å². The van der Waals surface area contributed by atoms with Gasteiger partial charge < -0.3 is 9.88 Å². The van der Waals surface area contributed by atoms with Crippen LogP contribution in [-0.4, -0.2) is 15.5 Å². The maximum absolute atomic E-state index is 12.0. The fraction of sp³-hybridized carbons (Fsp3) is 0.294. The molecule has 0 saturated carbocycles. The van der Waals surface area contributed by atoms with E-state index in [1.54, 1.807) is 0 Å². The lowest BCUT2D eigenvalue weighted by Crippen LogP contribution is -2.21. The van der Waals surface area contributed by atoms with Crippen LogP contribution in [0, 0.1) is 6.92 Å². The van der Waals surface area contributed by atoms with Gasteiger partial charge in [-0.15, -0.1) is 11.3 Å². The Bertz CT molecular complexity index is 803. The molecule has 0 aliphatic heterocycles. The summed E-state index contributed by atoms with van der Waals surface area (Å²) in [6, 6.07) is 10.3. The third-order valence-electron chi connectivity index (χ3n) is 3.64. The number of hydrogen-bond donors (Lipinski definition) is 1. The topological polar surface area (TPSA) is 46.9 Å². The van der Waals surface area contributed by atoms with E-state index < -0.39 is 0 Å². The first-order valence-corrected chi connectivity index (χ1v) is 8.23. The van der Waals surface area contributed by atoms with E-state index >= 15 is 0 Å². The number of carbonyl (C=O) groups is 1. The number of benzene rings is 1. The Morgan fingerprint density at radius 1 is 1.36 bits per heavy atom. The molecule has 0 aliphatic rings. The van der Waals surface area contributed by atoms with Gasteiger partial charge in [0.05, 0.1) is 15.9 Å². The Hall–Kier alpha value is -2.14. The minimum atomic E-state index is -0.0287. The van der Waals surface area contributed by atoms with Gasteiger partial charge in [0.1, 0.15) is 5.82 Å². The van der Waals surface area contributed by atoms with Crippen LogP contribution in [0.5, 0.6) is 0 Å². The van der Waals surface area contributed by atoms with Crippen molar-refractivity contribution in [2.75, 3.05) is 0 Å². The Labute approximate surface area is 133 Å². The summed E-state index contributed by atoms with van der Waals surface area (Å²) in [5.74, 6) is 0.990. The Balaban J connectivity index is 1.79. The highest BCUT2D eigenvalue weighted by Gasteiger charge is 2.11. The molecule has 0 radical (unpaired) electrons. The van der Waals surface area contributed by atoms with Crippen LogP contribution in [0.25, 0.3) is 11.0 Å². The van der Waals surface area contributed by atoms with Gasteiger partial charge in [-0.1, -0.05) is 12.1 Å². The van der Waals surface area contributed by atoms with E-state index in [0.29, 0.717) is 12.6 Å². The van der Waals surface area contributed by atoms with Crippen LogP contribution in [0.1, 0.15) is 40.9 Å². The van der Waals surface area contributed by atoms with Crippen molar-refractivity contribution in [3.05, 3.63) is 52.0 Å². The van der Waals surface area contributed by atoms with Gasteiger partial charge in [0, 0.05) is 12.6 Å². The maximum atomic E-state index is 12.0. The van der Waals surface area contributed by atoms with Gasteiger partial charge in [-0.05, 0) is 49.9 Å². The zero-order chi connectivity index (χ0) is 15.7. The molecular formula is C17H19N3OS. The molecule has 2 aromatic heterocycles. The summed E-state index contributed by atoms with van der Waals surface area (Å²) in [7, 11) is 0. The SMILES string of the molecule is Cc1nc2cc(CNC(=O)c3cccs3)ccc2n1C(C)C. The molecule has 0 atom stereocenters. The second-order valence-corrected chi connectivity index (χ2v) is 6.55. The lowest BCUT2D eigenvalue weighted by molar-refractivity contribution is 0.0955. The molecule has 4 nitrogen and oxygen atoms in total. The lowest BCUT2D eigenvalue weighted by Gasteiger charge is -2.11. The number of fused-ring (bicyclic) bond motifs is 1. The molecule has 22 heavy (non-hydrogen) atoms. The van der Waals surface area contributed by atoms with Gasteiger partial charge in [-0.25, -0.2) is 4.98 Å².